The molecule has 0 spiro atoms. The Morgan fingerprint density at radius 1 is 0.550 bits per heavy atom. The Labute approximate surface area is 253 Å². The zero-order valence-electron chi connectivity index (χ0n) is 26.4. The van der Waals surface area contributed by atoms with Crippen LogP contribution in [0.5, 0.6) is 0 Å². The van der Waals surface area contributed by atoms with E-state index in [2.05, 4.69) is 88.0 Å². The first-order valence-electron chi connectivity index (χ1n) is 15.9. The summed E-state index contributed by atoms with van der Waals surface area (Å²) in [6.45, 7) is 9.05. The van der Waals surface area contributed by atoms with Crippen LogP contribution in [0.1, 0.15) is 133 Å². The average Bonchev–Trinajstić information content (AvgIpc) is 3.24. The van der Waals surface area contributed by atoms with E-state index in [0.717, 1.165) is 73.9 Å². The molecular formula is C37H56N2Ni. The van der Waals surface area contributed by atoms with Crippen LogP contribution in [0.15, 0.2) is 59.7 Å². The molecule has 2 aromatic rings. The molecular weight excluding hydrogens is 531 g/mol. The van der Waals surface area contributed by atoms with Crippen molar-refractivity contribution in [1.82, 2.24) is 0 Å². The van der Waals surface area contributed by atoms with Gasteiger partial charge in [0.05, 0.1) is 0 Å². The van der Waals surface area contributed by atoms with E-state index in [1.165, 1.54) is 67.2 Å². The Hall–Kier alpha value is -1.99. The van der Waals surface area contributed by atoms with E-state index < -0.39 is 0 Å². The van der Waals surface area contributed by atoms with Gasteiger partial charge in [-0.15, -0.1) is 0 Å². The third kappa shape index (κ3) is 10.4. The summed E-state index contributed by atoms with van der Waals surface area (Å²) >= 11 is 1.62. The Bertz CT molecular complexity index is 1090. The molecule has 0 bridgehead atoms. The summed E-state index contributed by atoms with van der Waals surface area (Å²) in [7, 11) is 0. The number of unbranched alkanes of at least 4 members (excludes halogenated alkanes) is 7. The fourth-order valence-corrected chi connectivity index (χ4v) is 5.58. The van der Waals surface area contributed by atoms with E-state index in [0.29, 0.717) is 0 Å². The Morgan fingerprint density at radius 2 is 0.950 bits per heavy atom. The summed E-state index contributed by atoms with van der Waals surface area (Å²) in [5.74, 6) is 4.12. The van der Waals surface area contributed by atoms with Crippen LogP contribution in [-0.2, 0) is 27.3 Å². The first-order chi connectivity index (χ1) is 19.6. The van der Waals surface area contributed by atoms with Crippen LogP contribution >= 0.6 is 0 Å². The third-order valence-electron chi connectivity index (χ3n) is 7.71. The molecule has 3 heteroatoms. The van der Waals surface area contributed by atoms with Gasteiger partial charge in [-0.05, 0) is 86.8 Å². The van der Waals surface area contributed by atoms with Crippen molar-refractivity contribution in [1.29, 1.82) is 0 Å². The number of rotatable bonds is 17. The predicted octanol–water partition coefficient (Wildman–Crippen LogP) is 12.3. The molecule has 0 unspecified atom stereocenters. The molecule has 0 saturated carbocycles. The Kier molecular flexibility index (Phi) is 17.1. The minimum atomic E-state index is 1.01. The van der Waals surface area contributed by atoms with Crippen molar-refractivity contribution >= 4 is 11.4 Å². The van der Waals surface area contributed by atoms with Crippen molar-refractivity contribution in [2.45, 2.75) is 136 Å². The zero-order chi connectivity index (χ0) is 29.2. The van der Waals surface area contributed by atoms with Gasteiger partial charge < -0.3 is 5.53 Å². The van der Waals surface area contributed by atoms with Crippen molar-refractivity contribution in [3.8, 4) is 0 Å². The van der Waals surface area contributed by atoms with Gasteiger partial charge in [-0.1, -0.05) is 96.9 Å². The summed E-state index contributed by atoms with van der Waals surface area (Å²) in [6, 6.07) is 17.9. The second-order valence-electron chi connectivity index (χ2n) is 11.2. The van der Waals surface area contributed by atoms with Gasteiger partial charge in [-0.3, -0.25) is 0 Å². The van der Waals surface area contributed by atoms with Crippen molar-refractivity contribution in [3.05, 3.63) is 87.5 Å². The topological polar surface area (TPSA) is 25.3 Å². The van der Waals surface area contributed by atoms with Crippen LogP contribution < -0.4 is 0 Å². The summed E-state index contributed by atoms with van der Waals surface area (Å²) in [4.78, 5) is 0. The first kappa shape index (κ1) is 34.2. The number of aryl methyl sites for hydroxylation is 2. The molecule has 0 radical (unpaired) electrons. The molecule has 40 heavy (non-hydrogen) atoms. The van der Waals surface area contributed by atoms with E-state index >= 15 is 0 Å². The van der Waals surface area contributed by atoms with Crippen LogP contribution in [0, 0.1) is 0 Å². The van der Waals surface area contributed by atoms with E-state index in [1.54, 1.807) is 19.1 Å². The van der Waals surface area contributed by atoms with Crippen LogP contribution in [-0.4, -0.2) is 4.70 Å². The second kappa shape index (κ2) is 20.0. The van der Waals surface area contributed by atoms with Crippen molar-refractivity contribution in [2.24, 2.45) is 0 Å². The van der Waals surface area contributed by atoms with Gasteiger partial charge in [-0.2, -0.15) is 0 Å². The summed E-state index contributed by atoms with van der Waals surface area (Å²) in [5, 5.41) is 0. The van der Waals surface area contributed by atoms with E-state index in [9.17, 15) is 5.53 Å². The molecule has 0 aromatic heterocycles. The normalized spacial score (nSPS) is 13.3. The maximum atomic E-state index is 11.9. The molecule has 0 fully saturated rings. The standard InChI is InChI=1S/C35H50N2.2CH3.Ni/c1-5-9-13-15-19-29-21-17-23-31(27-29)35-33(25-12-8-4)32(24-11-7-3)34(37(35)36)30-22-16-20-28(26-30)18-14-10-6-2;;;/h16-17,20-23,26-27H,5-15,18-19,24-25H2,1-4H3;2*1H3;. The number of hydrogen-bond donors (Lipinski definition) is 0. The SMILES string of the molecule is CCCCCCc1cccc(C2=C(CCCC)C(CCCC)=C(c3cccc(CCCCC)c3)[N+]2=[N-])c1.[CH3][Ni][CH3]. The number of hydrogen-bond acceptors (Lipinski definition) is 0. The molecule has 2 aromatic carbocycles. The number of allylic oxidation sites excluding steroid dienone is 2. The van der Waals surface area contributed by atoms with E-state index in [1.807, 2.05) is 0 Å². The van der Waals surface area contributed by atoms with Crippen LogP contribution in [0.3, 0.4) is 0 Å². The average molecular weight is 588 g/mol. The molecule has 0 amide bonds. The first-order valence-corrected chi connectivity index (χ1v) is 17.9. The van der Waals surface area contributed by atoms with Crippen molar-refractivity contribution < 1.29 is 19.1 Å². The van der Waals surface area contributed by atoms with Gasteiger partial charge in [-0.25, -0.2) is 4.70 Å². The van der Waals surface area contributed by atoms with E-state index in [-0.39, 0.29) is 0 Å². The third-order valence-corrected chi connectivity index (χ3v) is 7.71. The summed E-state index contributed by atoms with van der Waals surface area (Å²) in [5.41, 5.74) is 21.7. The molecule has 1 aliphatic heterocycles. The predicted molar refractivity (Wildman–Crippen MR) is 172 cm³/mol. The van der Waals surface area contributed by atoms with E-state index in [4.69, 9.17) is 0 Å². The van der Waals surface area contributed by atoms with Gasteiger partial charge in [0.2, 0.25) is 11.4 Å². The molecule has 1 heterocycles. The van der Waals surface area contributed by atoms with Gasteiger partial charge in [0.25, 0.3) is 0 Å². The van der Waals surface area contributed by atoms with Gasteiger partial charge in [0.15, 0.2) is 0 Å². The summed E-state index contributed by atoms with van der Waals surface area (Å²) in [6.07, 6.45) is 17.7. The van der Waals surface area contributed by atoms with Crippen molar-refractivity contribution in [3.63, 3.8) is 0 Å². The van der Waals surface area contributed by atoms with Crippen molar-refractivity contribution in [2.75, 3.05) is 0 Å². The molecule has 224 valence electrons. The number of benzene rings is 2. The minimum absolute atomic E-state index is 1.01. The Balaban J connectivity index is 0.00000178. The molecule has 3 rings (SSSR count). The van der Waals surface area contributed by atoms with Gasteiger partial charge in [0.1, 0.15) is 0 Å². The zero-order valence-corrected chi connectivity index (χ0v) is 27.4. The fraction of sp³-hybridized carbons (Fsp3) is 0.568. The molecule has 0 atom stereocenters. The number of nitrogens with zero attached hydrogens (tertiary/aromatic N) is 2. The van der Waals surface area contributed by atoms with Crippen LogP contribution in [0.4, 0.5) is 0 Å². The molecule has 0 N–H and O–H groups in total. The summed E-state index contributed by atoms with van der Waals surface area (Å²) < 4.78 is 1.55. The van der Waals surface area contributed by atoms with Gasteiger partial charge >= 0.3 is 26.2 Å². The molecule has 0 saturated heterocycles. The monoisotopic (exact) mass is 586 g/mol. The van der Waals surface area contributed by atoms with Gasteiger partial charge in [0, 0.05) is 22.3 Å². The second-order valence-corrected chi connectivity index (χ2v) is 12.1. The quantitative estimate of drug-likeness (QED) is 0.1000. The molecule has 2 nitrogen and oxygen atoms in total. The maximum absolute atomic E-state index is 11.9. The Morgan fingerprint density at radius 3 is 1.38 bits per heavy atom. The fourth-order valence-electron chi connectivity index (χ4n) is 5.58. The molecule has 1 aliphatic rings. The van der Waals surface area contributed by atoms with Crippen LogP contribution in [0.2, 0.25) is 11.8 Å². The van der Waals surface area contributed by atoms with Crippen LogP contribution in [0.25, 0.3) is 16.9 Å². The molecule has 0 aliphatic carbocycles.